The van der Waals surface area contributed by atoms with Crippen molar-refractivity contribution >= 4 is 0 Å². The molecule has 3 nitrogen and oxygen atoms in total. The van der Waals surface area contributed by atoms with Crippen molar-refractivity contribution in [3.8, 4) is 5.75 Å². The van der Waals surface area contributed by atoms with Crippen LogP contribution in [0, 0.1) is 6.92 Å². The van der Waals surface area contributed by atoms with E-state index in [-0.39, 0.29) is 5.41 Å². The molecule has 1 fully saturated rings. The lowest BCUT2D eigenvalue weighted by molar-refractivity contribution is 0.235. The van der Waals surface area contributed by atoms with Crippen molar-refractivity contribution in [1.82, 2.24) is 10.2 Å². The van der Waals surface area contributed by atoms with E-state index in [1.54, 1.807) is 0 Å². The Morgan fingerprint density at radius 1 is 0.929 bits per heavy atom. The van der Waals surface area contributed by atoms with E-state index in [4.69, 9.17) is 4.74 Å². The van der Waals surface area contributed by atoms with Gasteiger partial charge in [-0.15, -0.1) is 0 Å². The molecule has 1 aliphatic heterocycles. The van der Waals surface area contributed by atoms with Crippen LogP contribution in [-0.4, -0.2) is 44.2 Å². The third kappa shape index (κ3) is 9.93. The fourth-order valence-corrected chi connectivity index (χ4v) is 3.62. The summed E-state index contributed by atoms with van der Waals surface area (Å²) in [7, 11) is 0. The summed E-state index contributed by atoms with van der Waals surface area (Å²) in [5.74, 6) is 1.07. The summed E-state index contributed by atoms with van der Waals surface area (Å²) < 4.78 is 6.11. The molecule has 1 N–H and O–H groups in total. The van der Waals surface area contributed by atoms with Crippen LogP contribution in [0.3, 0.4) is 0 Å². The molecule has 3 heteroatoms. The number of unbranched alkanes of at least 4 members (excludes halogenated alkanes) is 5. The average Bonchev–Trinajstić information content (AvgIpc) is 2.69. The molecule has 1 aromatic rings. The highest BCUT2D eigenvalue weighted by Gasteiger charge is 2.19. The number of benzene rings is 1. The quantitative estimate of drug-likeness (QED) is 0.500. The van der Waals surface area contributed by atoms with Crippen molar-refractivity contribution in [2.75, 3.05) is 39.3 Å². The van der Waals surface area contributed by atoms with E-state index >= 15 is 0 Å². The first kappa shape index (κ1) is 25.0. The van der Waals surface area contributed by atoms with Gasteiger partial charge in [-0.25, -0.2) is 0 Å². The molecule has 1 heterocycles. The van der Waals surface area contributed by atoms with Crippen molar-refractivity contribution < 1.29 is 4.74 Å². The number of piperazine rings is 1. The number of nitrogens with one attached hydrogen (secondary N) is 1. The van der Waals surface area contributed by atoms with Crippen LogP contribution in [0.1, 0.15) is 84.3 Å². The van der Waals surface area contributed by atoms with E-state index in [1.807, 2.05) is 13.8 Å². The highest BCUT2D eigenvalue weighted by molar-refractivity contribution is 5.41. The summed E-state index contributed by atoms with van der Waals surface area (Å²) >= 11 is 0. The molecule has 0 atom stereocenters. The Balaban J connectivity index is 0.00000190. The molecule has 0 bridgehead atoms. The minimum Gasteiger partial charge on any atom is -0.493 e. The lowest BCUT2D eigenvalue weighted by Crippen LogP contribution is -2.43. The van der Waals surface area contributed by atoms with Crippen LogP contribution < -0.4 is 10.1 Å². The van der Waals surface area contributed by atoms with Gasteiger partial charge in [-0.3, -0.25) is 0 Å². The first-order chi connectivity index (χ1) is 13.5. The topological polar surface area (TPSA) is 24.5 Å². The molecule has 0 saturated carbocycles. The largest absolute Gasteiger partial charge is 0.493 e. The molecule has 0 spiro atoms. The van der Waals surface area contributed by atoms with Crippen LogP contribution in [0.4, 0.5) is 0 Å². The van der Waals surface area contributed by atoms with Crippen molar-refractivity contribution in [1.29, 1.82) is 0 Å². The van der Waals surface area contributed by atoms with Crippen molar-refractivity contribution in [3.05, 3.63) is 29.3 Å². The number of rotatable bonds is 10. The molecule has 0 unspecified atom stereocenters. The van der Waals surface area contributed by atoms with Crippen LogP contribution in [0.2, 0.25) is 0 Å². The van der Waals surface area contributed by atoms with E-state index in [0.717, 1.165) is 31.9 Å². The fraction of sp³-hybridized carbons (Fsp3) is 0.760. The van der Waals surface area contributed by atoms with Crippen LogP contribution >= 0.6 is 0 Å². The monoisotopic (exact) mass is 390 g/mol. The van der Waals surface area contributed by atoms with Gasteiger partial charge >= 0.3 is 0 Å². The van der Waals surface area contributed by atoms with Gasteiger partial charge < -0.3 is 15.0 Å². The highest BCUT2D eigenvalue weighted by Crippen LogP contribution is 2.32. The van der Waals surface area contributed by atoms with Crippen LogP contribution in [0.25, 0.3) is 0 Å². The van der Waals surface area contributed by atoms with Gasteiger partial charge in [0.05, 0.1) is 6.61 Å². The van der Waals surface area contributed by atoms with Gasteiger partial charge in [-0.2, -0.15) is 0 Å². The predicted octanol–water partition coefficient (Wildman–Crippen LogP) is 5.94. The molecule has 0 aromatic heterocycles. The number of hydrogen-bond acceptors (Lipinski definition) is 3. The number of hydrogen-bond donors (Lipinski definition) is 1. The Hall–Kier alpha value is -1.06. The maximum atomic E-state index is 6.11. The predicted molar refractivity (Wildman–Crippen MR) is 124 cm³/mol. The van der Waals surface area contributed by atoms with Crippen molar-refractivity contribution in [2.45, 2.75) is 85.5 Å². The molecule has 162 valence electrons. The molecule has 1 saturated heterocycles. The third-order valence-corrected chi connectivity index (χ3v) is 5.28. The second-order valence-electron chi connectivity index (χ2n) is 8.81. The van der Waals surface area contributed by atoms with Crippen LogP contribution in [0.5, 0.6) is 5.75 Å². The van der Waals surface area contributed by atoms with E-state index in [0.29, 0.717) is 0 Å². The molecule has 1 aromatic carbocycles. The van der Waals surface area contributed by atoms with Crippen molar-refractivity contribution in [2.24, 2.45) is 0 Å². The maximum Gasteiger partial charge on any atom is 0.123 e. The first-order valence-corrected chi connectivity index (χ1v) is 11.6. The van der Waals surface area contributed by atoms with Gasteiger partial charge in [0.15, 0.2) is 0 Å². The SMILES string of the molecule is CC.Cc1ccc(OCCCCCCCCN2CCNCC2)c(C(C)(C)C)c1. The van der Waals surface area contributed by atoms with Gasteiger partial charge in [-0.1, -0.05) is 78.0 Å². The van der Waals surface area contributed by atoms with Crippen molar-refractivity contribution in [3.63, 3.8) is 0 Å². The fourth-order valence-electron chi connectivity index (χ4n) is 3.62. The molecule has 28 heavy (non-hydrogen) atoms. The summed E-state index contributed by atoms with van der Waals surface area (Å²) in [5, 5.41) is 3.42. The van der Waals surface area contributed by atoms with E-state index in [9.17, 15) is 0 Å². The second kappa shape index (κ2) is 14.0. The van der Waals surface area contributed by atoms with Gasteiger partial charge in [0.2, 0.25) is 0 Å². The third-order valence-electron chi connectivity index (χ3n) is 5.28. The van der Waals surface area contributed by atoms with Crippen LogP contribution in [0.15, 0.2) is 18.2 Å². The summed E-state index contributed by atoms with van der Waals surface area (Å²) in [6, 6.07) is 6.57. The number of aryl methyl sites for hydroxylation is 1. The number of nitrogens with zero attached hydrogens (tertiary/aromatic N) is 1. The zero-order valence-corrected chi connectivity index (χ0v) is 19.6. The maximum absolute atomic E-state index is 6.11. The standard InChI is InChI=1S/C23H40N2O.C2H6/c1-20-11-12-22(21(19-20)23(2,3)4)26-18-10-8-6-5-7-9-15-25-16-13-24-14-17-25;1-2/h11-12,19,24H,5-10,13-18H2,1-4H3;1-2H3. The molecule has 0 aliphatic carbocycles. The molecule has 1 aliphatic rings. The van der Waals surface area contributed by atoms with Gasteiger partial charge in [-0.05, 0) is 43.4 Å². The Morgan fingerprint density at radius 2 is 1.54 bits per heavy atom. The van der Waals surface area contributed by atoms with E-state index < -0.39 is 0 Å². The lowest BCUT2D eigenvalue weighted by Gasteiger charge is -2.27. The zero-order chi connectivity index (χ0) is 20.8. The Kier molecular flexibility index (Phi) is 12.5. The van der Waals surface area contributed by atoms with Gasteiger partial charge in [0.1, 0.15) is 5.75 Å². The van der Waals surface area contributed by atoms with Gasteiger partial charge in [0.25, 0.3) is 0 Å². The van der Waals surface area contributed by atoms with Crippen LogP contribution in [-0.2, 0) is 5.41 Å². The molecular weight excluding hydrogens is 344 g/mol. The Bertz CT molecular complexity index is 516. The molecule has 0 amide bonds. The zero-order valence-electron chi connectivity index (χ0n) is 19.6. The minimum absolute atomic E-state index is 0.131. The van der Waals surface area contributed by atoms with E-state index in [2.05, 4.69) is 56.1 Å². The Morgan fingerprint density at radius 3 is 2.18 bits per heavy atom. The summed E-state index contributed by atoms with van der Waals surface area (Å²) in [5.41, 5.74) is 2.76. The Labute approximate surface area is 175 Å². The first-order valence-electron chi connectivity index (χ1n) is 11.6. The lowest BCUT2D eigenvalue weighted by atomic mass is 9.85. The van der Waals surface area contributed by atoms with Gasteiger partial charge in [0, 0.05) is 26.2 Å². The summed E-state index contributed by atoms with van der Waals surface area (Å²) in [6.45, 7) is 19.8. The number of ether oxygens (including phenoxy) is 1. The smallest absolute Gasteiger partial charge is 0.123 e. The molecule has 2 rings (SSSR count). The summed E-state index contributed by atoms with van der Waals surface area (Å²) in [6.07, 6.45) is 7.88. The highest BCUT2D eigenvalue weighted by atomic mass is 16.5. The molecule has 0 radical (unpaired) electrons. The normalized spacial score (nSPS) is 15.1. The second-order valence-corrected chi connectivity index (χ2v) is 8.81. The molecular formula is C25H46N2O. The summed E-state index contributed by atoms with van der Waals surface area (Å²) in [4.78, 5) is 2.60. The van der Waals surface area contributed by atoms with E-state index in [1.165, 1.54) is 62.9 Å². The average molecular weight is 391 g/mol. The minimum atomic E-state index is 0.131.